The van der Waals surface area contributed by atoms with Crippen molar-refractivity contribution in [3.05, 3.63) is 70.1 Å². The quantitative estimate of drug-likeness (QED) is 0.267. The molecule has 212 valence electrons. The van der Waals surface area contributed by atoms with Crippen LogP contribution in [0.25, 0.3) is 0 Å². The van der Waals surface area contributed by atoms with Crippen LogP contribution in [0.1, 0.15) is 13.8 Å². The van der Waals surface area contributed by atoms with Gasteiger partial charge in [-0.1, -0.05) is 12.2 Å². The fourth-order valence-electron chi connectivity index (χ4n) is 4.30. The van der Waals surface area contributed by atoms with Gasteiger partial charge in [-0.3, -0.25) is 27.8 Å². The summed E-state index contributed by atoms with van der Waals surface area (Å²) in [7, 11) is -5.17. The van der Waals surface area contributed by atoms with Crippen LogP contribution in [0.3, 0.4) is 0 Å². The second-order valence-electron chi connectivity index (χ2n) is 8.84. The molecule has 0 atom stereocenters. The number of ketones is 2. The van der Waals surface area contributed by atoms with Crippen molar-refractivity contribution in [2.75, 3.05) is 52.4 Å². The van der Waals surface area contributed by atoms with Crippen molar-refractivity contribution in [1.29, 1.82) is 0 Å². The zero-order chi connectivity index (χ0) is 29.6. The minimum absolute atomic E-state index is 0.109. The van der Waals surface area contributed by atoms with E-state index in [0.29, 0.717) is 37.3 Å². The predicted octanol–water partition coefficient (Wildman–Crippen LogP) is -0.105. The van der Waals surface area contributed by atoms with Gasteiger partial charge < -0.3 is 19.7 Å². The average molecular weight is 636 g/mol. The van der Waals surface area contributed by atoms with Crippen LogP contribution >= 0.6 is 0 Å². The van der Waals surface area contributed by atoms with Crippen molar-refractivity contribution < 1.29 is 69.2 Å². The van der Waals surface area contributed by atoms with E-state index in [0.717, 1.165) is 83.2 Å². The van der Waals surface area contributed by atoms with Crippen LogP contribution in [0.5, 0.6) is 0 Å². The first kappa shape index (κ1) is 35.0. The van der Waals surface area contributed by atoms with Gasteiger partial charge in [0.05, 0.1) is 0 Å². The van der Waals surface area contributed by atoms with Crippen molar-refractivity contribution in [3.8, 4) is 0 Å². The van der Waals surface area contributed by atoms with Crippen molar-refractivity contribution in [3.63, 3.8) is 0 Å². The van der Waals surface area contributed by atoms with Crippen LogP contribution in [-0.2, 0) is 62.1 Å². The van der Waals surface area contributed by atoms with E-state index in [1.165, 1.54) is 0 Å². The van der Waals surface area contributed by atoms with Gasteiger partial charge in [-0.25, -0.2) is 0 Å². The number of hydrogen-bond donors (Lipinski definition) is 2. The van der Waals surface area contributed by atoms with E-state index in [9.17, 15) is 9.59 Å². The van der Waals surface area contributed by atoms with Crippen LogP contribution in [0.4, 0.5) is 0 Å². The number of allylic oxidation sites excluding steroid dienone is 8. The molecule has 0 aromatic heterocycles. The molecule has 0 aromatic carbocycles. The average Bonchev–Trinajstić information content (AvgIpc) is 2.88. The molecule has 2 N–H and O–H groups in total. The summed E-state index contributed by atoms with van der Waals surface area (Å²) in [6.07, 6.45) is 11.5. The molecule has 6 bridgehead atoms. The molecule has 0 amide bonds. The number of carbonyl (C=O) groups is 2. The zero-order valence-electron chi connectivity index (χ0n) is 21.6. The third-order valence-electron chi connectivity index (χ3n) is 5.86. The van der Waals surface area contributed by atoms with E-state index in [-0.39, 0.29) is 11.6 Å². The maximum absolute atomic E-state index is 12.9. The Labute approximate surface area is 247 Å². The fraction of sp³-hybridized carbons (Fsp3) is 0.417. The van der Waals surface area contributed by atoms with Crippen LogP contribution < -0.4 is 10.6 Å². The van der Waals surface area contributed by atoms with Gasteiger partial charge in [-0.05, 0) is 37.1 Å². The van der Waals surface area contributed by atoms with E-state index >= 15 is 0 Å². The van der Waals surface area contributed by atoms with Crippen molar-refractivity contribution in [2.24, 2.45) is 0 Å². The molecule has 12 nitrogen and oxygen atoms in total. The van der Waals surface area contributed by atoms with Gasteiger partial charge in [-0.15, -0.1) is 0 Å². The molecule has 5 rings (SSSR count). The SMILES string of the molecule is CC1=C/C2=C/NCCN/C=C3/C=C(C)C=C(CN4CCN(CC4)CC(=C1)C2=O)C3=O.O=S(=O)([O-])[O-].[O]=[V].[O]=[V]. The van der Waals surface area contributed by atoms with Crippen LogP contribution in [0.2, 0.25) is 0 Å². The molecular formula is C24H30N4O8SV2-2. The normalized spacial score (nSPS) is 25.7. The number of hydrogen-bond acceptors (Lipinski definition) is 12. The Hall–Kier alpha value is -2.06. The number of nitrogens with zero attached hydrogens (tertiary/aromatic N) is 2. The Bertz CT molecular complexity index is 1110. The Morgan fingerprint density at radius 3 is 1.31 bits per heavy atom. The molecule has 15 heteroatoms. The summed E-state index contributed by atoms with van der Waals surface area (Å²) < 4.78 is 50.5. The molecule has 1 fully saturated rings. The third kappa shape index (κ3) is 12.8. The summed E-state index contributed by atoms with van der Waals surface area (Å²) in [6.45, 7) is 10.3. The standard InChI is InChI=1S/C24H30N4O2.H2O4S.2O.2V/c1-17-9-19-13-25-3-4-26-14-20-10-18(2)12-22(24(20)30)16-28-7-5-27(6-8-28)15-21(11-17)23(19)29;1-5(2,3)4;;;;/h9-14,25-26H,3-8,15-16H2,1-2H3;(H2,1,2,3,4);;;;/p-2/b19-13-,20-14-;;;;;. The van der Waals surface area contributed by atoms with E-state index in [1.807, 2.05) is 50.6 Å². The summed E-state index contributed by atoms with van der Waals surface area (Å²) >= 11 is 2.12. The van der Waals surface area contributed by atoms with Crippen molar-refractivity contribution in [2.45, 2.75) is 13.8 Å². The fourth-order valence-corrected chi connectivity index (χ4v) is 4.30. The molecule has 2 aliphatic carbocycles. The van der Waals surface area contributed by atoms with Gasteiger partial charge in [0, 0.05) is 97.4 Å². The molecule has 1 saturated heterocycles. The van der Waals surface area contributed by atoms with Gasteiger partial charge >= 0.3 is 42.1 Å². The van der Waals surface area contributed by atoms with Gasteiger partial charge in [0.2, 0.25) is 0 Å². The Morgan fingerprint density at radius 2 is 1.00 bits per heavy atom. The van der Waals surface area contributed by atoms with E-state index < -0.39 is 10.4 Å². The summed E-state index contributed by atoms with van der Waals surface area (Å²) in [6, 6.07) is 0. The summed E-state index contributed by atoms with van der Waals surface area (Å²) in [5.41, 5.74) is 5.34. The predicted molar refractivity (Wildman–Crippen MR) is 131 cm³/mol. The number of fused-ring (bicyclic) bond motifs is 7. The monoisotopic (exact) mass is 636 g/mol. The molecule has 0 radical (unpaired) electrons. The van der Waals surface area contributed by atoms with Crippen LogP contribution in [0.15, 0.2) is 70.1 Å². The summed E-state index contributed by atoms with van der Waals surface area (Å²) in [5, 5.41) is 6.45. The Balaban J connectivity index is 0.000000748. The number of rotatable bonds is 0. The molecule has 39 heavy (non-hydrogen) atoms. The third-order valence-corrected chi connectivity index (χ3v) is 5.86. The zero-order valence-corrected chi connectivity index (χ0v) is 25.2. The van der Waals surface area contributed by atoms with Gasteiger partial charge in [0.15, 0.2) is 11.6 Å². The second-order valence-corrected chi connectivity index (χ2v) is 9.66. The first-order chi connectivity index (χ1) is 18.5. The first-order valence-corrected chi connectivity index (χ1v) is 14.2. The summed E-state index contributed by atoms with van der Waals surface area (Å²) in [4.78, 5) is 30.5. The molecule has 3 aliphatic heterocycles. The Morgan fingerprint density at radius 1 is 0.692 bits per heavy atom. The molecule has 0 spiro atoms. The second kappa shape index (κ2) is 17.6. The van der Waals surface area contributed by atoms with Gasteiger partial charge in [-0.2, -0.15) is 0 Å². The minimum atomic E-state index is -5.17. The maximum atomic E-state index is 12.9. The van der Waals surface area contributed by atoms with E-state index in [2.05, 4.69) is 20.4 Å². The van der Waals surface area contributed by atoms with E-state index in [1.54, 1.807) is 0 Å². The number of carbonyl (C=O) groups excluding carboxylic acids is 2. The van der Waals surface area contributed by atoms with Gasteiger partial charge in [0.25, 0.3) is 0 Å². The molecular weight excluding hydrogens is 606 g/mol. The molecule has 0 unspecified atom stereocenters. The van der Waals surface area contributed by atoms with Crippen LogP contribution in [-0.4, -0.2) is 91.2 Å². The van der Waals surface area contributed by atoms with E-state index in [4.69, 9.17) is 24.9 Å². The molecule has 0 aromatic rings. The topological polar surface area (TPSA) is 179 Å². The first-order valence-electron chi connectivity index (χ1n) is 11.7. The van der Waals surface area contributed by atoms with Crippen molar-refractivity contribution in [1.82, 2.24) is 20.4 Å². The Kier molecular flexibility index (Phi) is 15.8. The number of nitrogens with one attached hydrogen (secondary N) is 2. The van der Waals surface area contributed by atoms with Gasteiger partial charge in [0.1, 0.15) is 0 Å². The molecule has 3 heterocycles. The number of Topliss-reactive ketones (excluding diaryl/α,β-unsaturated/α-hetero) is 2. The van der Waals surface area contributed by atoms with Crippen LogP contribution in [0, 0.1) is 0 Å². The van der Waals surface area contributed by atoms with Crippen molar-refractivity contribution >= 4 is 22.0 Å². The summed E-state index contributed by atoms with van der Waals surface area (Å²) in [5.74, 6) is 0.218. The number of piperazine rings is 1. The molecule has 0 saturated carbocycles. The molecule has 5 aliphatic rings.